The van der Waals surface area contributed by atoms with Crippen molar-refractivity contribution in [2.45, 2.75) is 25.8 Å². The van der Waals surface area contributed by atoms with Gasteiger partial charge in [-0.25, -0.2) is 9.89 Å². The summed E-state index contributed by atoms with van der Waals surface area (Å²) < 4.78 is 3.14. The Labute approximate surface area is 138 Å². The fourth-order valence-corrected chi connectivity index (χ4v) is 2.82. The third kappa shape index (κ3) is 3.88. The van der Waals surface area contributed by atoms with E-state index >= 15 is 0 Å². The molecular formula is C14H22N8O2. The number of nitrogens with zero attached hydrogens (tertiary/aromatic N) is 5. The summed E-state index contributed by atoms with van der Waals surface area (Å²) in [5.41, 5.74) is 0.0335. The van der Waals surface area contributed by atoms with E-state index in [2.05, 4.69) is 31.1 Å². The molecule has 0 aliphatic carbocycles. The lowest BCUT2D eigenvalue weighted by molar-refractivity contribution is 0.0949. The summed E-state index contributed by atoms with van der Waals surface area (Å²) in [6, 6.07) is 0. The van der Waals surface area contributed by atoms with Crippen molar-refractivity contribution >= 4 is 5.91 Å². The zero-order chi connectivity index (χ0) is 16.9. The van der Waals surface area contributed by atoms with Crippen molar-refractivity contribution in [1.82, 2.24) is 40.4 Å². The molecule has 0 saturated carbocycles. The Morgan fingerprint density at radius 3 is 3.08 bits per heavy atom. The summed E-state index contributed by atoms with van der Waals surface area (Å²) in [6.07, 6.45) is 4.47. The summed E-state index contributed by atoms with van der Waals surface area (Å²) in [5, 5.41) is 20.3. The molecule has 10 heteroatoms. The number of amides is 1. The predicted octanol–water partition coefficient (Wildman–Crippen LogP) is -1.33. The highest BCUT2D eigenvalue weighted by Crippen LogP contribution is 2.11. The topological polar surface area (TPSA) is 123 Å². The molecule has 1 aliphatic heterocycles. The van der Waals surface area contributed by atoms with Crippen LogP contribution in [0.15, 0.2) is 11.0 Å². The minimum absolute atomic E-state index is 0.267. The molecule has 0 spiro atoms. The molecule has 1 aliphatic rings. The second kappa shape index (κ2) is 7.39. The number of aromatic amines is 1. The summed E-state index contributed by atoms with van der Waals surface area (Å²) in [4.78, 5) is 23.4. The standard InChI is InChI=1S/C14H22N8O2/c1-21-12(18-19-14(21)24)4-6-16-13(23)11-9-22(20-17-11)8-10-3-2-5-15-7-10/h9-10,15H,2-8H2,1H3,(H,16,23)(H,19,24). The van der Waals surface area contributed by atoms with E-state index in [1.165, 1.54) is 11.0 Å². The van der Waals surface area contributed by atoms with E-state index in [0.717, 1.165) is 26.1 Å². The second-order valence-electron chi connectivity index (χ2n) is 6.05. The highest BCUT2D eigenvalue weighted by molar-refractivity contribution is 5.91. The second-order valence-corrected chi connectivity index (χ2v) is 6.05. The van der Waals surface area contributed by atoms with Gasteiger partial charge < -0.3 is 10.6 Å². The predicted molar refractivity (Wildman–Crippen MR) is 85.5 cm³/mol. The molecule has 1 amide bonds. The molecule has 1 fully saturated rings. The number of H-pyrrole nitrogens is 1. The Balaban J connectivity index is 1.48. The lowest BCUT2D eigenvalue weighted by Crippen LogP contribution is -2.32. The maximum atomic E-state index is 12.1. The molecule has 0 radical (unpaired) electrons. The molecule has 3 rings (SSSR count). The van der Waals surface area contributed by atoms with Gasteiger partial charge in [0.25, 0.3) is 5.91 Å². The molecule has 3 heterocycles. The summed E-state index contributed by atoms with van der Waals surface area (Å²) in [6.45, 7) is 3.19. The fraction of sp³-hybridized carbons (Fsp3) is 0.643. The van der Waals surface area contributed by atoms with E-state index in [1.807, 2.05) is 0 Å². The van der Waals surface area contributed by atoms with Gasteiger partial charge in [0.1, 0.15) is 5.82 Å². The van der Waals surface area contributed by atoms with Gasteiger partial charge in [0.05, 0.1) is 6.20 Å². The van der Waals surface area contributed by atoms with Crippen LogP contribution in [0.3, 0.4) is 0 Å². The zero-order valence-corrected chi connectivity index (χ0v) is 13.7. The molecule has 1 atom stereocenters. The lowest BCUT2D eigenvalue weighted by Gasteiger charge is -2.22. The molecule has 2 aromatic rings. The first kappa shape index (κ1) is 16.4. The summed E-state index contributed by atoms with van der Waals surface area (Å²) >= 11 is 0. The zero-order valence-electron chi connectivity index (χ0n) is 13.7. The Bertz CT molecular complexity index is 740. The van der Waals surface area contributed by atoms with Crippen molar-refractivity contribution in [1.29, 1.82) is 0 Å². The average Bonchev–Trinajstić information content (AvgIpc) is 3.17. The van der Waals surface area contributed by atoms with Gasteiger partial charge in [0.2, 0.25) is 0 Å². The number of hydrogen-bond acceptors (Lipinski definition) is 6. The van der Waals surface area contributed by atoms with Crippen LogP contribution in [-0.4, -0.2) is 55.3 Å². The fourth-order valence-electron chi connectivity index (χ4n) is 2.82. The van der Waals surface area contributed by atoms with E-state index in [0.29, 0.717) is 30.4 Å². The van der Waals surface area contributed by atoms with Crippen LogP contribution in [0.25, 0.3) is 0 Å². The Kier molecular flexibility index (Phi) is 5.04. The first-order valence-corrected chi connectivity index (χ1v) is 8.13. The molecule has 0 aromatic carbocycles. The molecule has 2 aromatic heterocycles. The van der Waals surface area contributed by atoms with Crippen LogP contribution in [0.4, 0.5) is 0 Å². The minimum Gasteiger partial charge on any atom is -0.350 e. The molecule has 1 saturated heterocycles. The van der Waals surface area contributed by atoms with Gasteiger partial charge in [-0.05, 0) is 31.8 Å². The SMILES string of the molecule is Cn1c(CCNC(=O)c2cn(CC3CCCNC3)nn2)n[nH]c1=O. The van der Waals surface area contributed by atoms with Gasteiger partial charge in [0, 0.05) is 26.6 Å². The third-order valence-electron chi connectivity index (χ3n) is 4.22. The van der Waals surface area contributed by atoms with Crippen LogP contribution in [0.5, 0.6) is 0 Å². The van der Waals surface area contributed by atoms with Crippen LogP contribution in [-0.2, 0) is 20.0 Å². The van der Waals surface area contributed by atoms with Crippen LogP contribution >= 0.6 is 0 Å². The molecule has 3 N–H and O–H groups in total. The number of carbonyl (C=O) groups is 1. The van der Waals surface area contributed by atoms with Crippen molar-refractivity contribution in [3.8, 4) is 0 Å². The normalized spacial score (nSPS) is 17.8. The van der Waals surface area contributed by atoms with Crippen molar-refractivity contribution in [2.75, 3.05) is 19.6 Å². The molecular weight excluding hydrogens is 312 g/mol. The number of hydrogen-bond donors (Lipinski definition) is 3. The minimum atomic E-state index is -0.274. The monoisotopic (exact) mass is 334 g/mol. The van der Waals surface area contributed by atoms with Gasteiger partial charge in [-0.15, -0.1) is 5.10 Å². The van der Waals surface area contributed by atoms with Crippen LogP contribution in [0.2, 0.25) is 0 Å². The molecule has 130 valence electrons. The molecule has 24 heavy (non-hydrogen) atoms. The molecule has 0 bridgehead atoms. The number of rotatable bonds is 6. The van der Waals surface area contributed by atoms with Crippen molar-refractivity contribution < 1.29 is 4.79 Å². The van der Waals surface area contributed by atoms with E-state index in [1.54, 1.807) is 17.9 Å². The van der Waals surface area contributed by atoms with Crippen molar-refractivity contribution in [3.63, 3.8) is 0 Å². The largest absolute Gasteiger partial charge is 0.350 e. The number of aromatic nitrogens is 6. The first-order valence-electron chi connectivity index (χ1n) is 8.13. The average molecular weight is 334 g/mol. The van der Waals surface area contributed by atoms with Crippen molar-refractivity contribution in [3.05, 3.63) is 28.2 Å². The quantitative estimate of drug-likeness (QED) is 0.602. The van der Waals surface area contributed by atoms with Crippen LogP contribution in [0, 0.1) is 5.92 Å². The Morgan fingerprint density at radius 2 is 2.38 bits per heavy atom. The summed E-state index contributed by atoms with van der Waals surface area (Å²) in [7, 11) is 1.63. The number of piperidine rings is 1. The number of carbonyl (C=O) groups excluding carboxylic acids is 1. The van der Waals surface area contributed by atoms with Gasteiger partial charge in [-0.3, -0.25) is 14.0 Å². The van der Waals surface area contributed by atoms with E-state index < -0.39 is 0 Å². The lowest BCUT2D eigenvalue weighted by atomic mass is 10.00. The Hall–Kier alpha value is -2.49. The first-order chi connectivity index (χ1) is 11.6. The maximum absolute atomic E-state index is 12.1. The van der Waals surface area contributed by atoms with Gasteiger partial charge in [0.15, 0.2) is 5.69 Å². The molecule has 10 nitrogen and oxygen atoms in total. The maximum Gasteiger partial charge on any atom is 0.343 e. The van der Waals surface area contributed by atoms with Gasteiger partial charge in [-0.1, -0.05) is 5.21 Å². The van der Waals surface area contributed by atoms with Crippen LogP contribution < -0.4 is 16.3 Å². The van der Waals surface area contributed by atoms with Crippen molar-refractivity contribution in [2.24, 2.45) is 13.0 Å². The Morgan fingerprint density at radius 1 is 1.50 bits per heavy atom. The molecule has 1 unspecified atom stereocenters. The van der Waals surface area contributed by atoms with E-state index in [4.69, 9.17) is 0 Å². The smallest absolute Gasteiger partial charge is 0.343 e. The highest BCUT2D eigenvalue weighted by Gasteiger charge is 2.16. The van der Waals surface area contributed by atoms with Crippen LogP contribution in [0.1, 0.15) is 29.2 Å². The van der Waals surface area contributed by atoms with Gasteiger partial charge in [-0.2, -0.15) is 5.10 Å². The van der Waals surface area contributed by atoms with E-state index in [-0.39, 0.29) is 11.6 Å². The third-order valence-corrected chi connectivity index (χ3v) is 4.22. The van der Waals surface area contributed by atoms with E-state index in [9.17, 15) is 9.59 Å². The summed E-state index contributed by atoms with van der Waals surface area (Å²) in [5.74, 6) is 0.842. The number of nitrogens with one attached hydrogen (secondary N) is 3. The highest BCUT2D eigenvalue weighted by atomic mass is 16.2. The van der Waals surface area contributed by atoms with Gasteiger partial charge >= 0.3 is 5.69 Å².